The summed E-state index contributed by atoms with van der Waals surface area (Å²) in [6.07, 6.45) is 3.87. The maximum atomic E-state index is 11.9. The van der Waals surface area contributed by atoms with Crippen molar-refractivity contribution in [3.05, 3.63) is 24.3 Å². The number of hydrogen-bond donors (Lipinski definition) is 2. The minimum atomic E-state index is 0. The summed E-state index contributed by atoms with van der Waals surface area (Å²) in [5.74, 6) is 0.844. The molecule has 5 nitrogen and oxygen atoms in total. The molecule has 124 valence electrons. The first kappa shape index (κ1) is 18.7. The van der Waals surface area contributed by atoms with Crippen LogP contribution >= 0.6 is 12.4 Å². The van der Waals surface area contributed by atoms with Crippen molar-refractivity contribution in [2.45, 2.75) is 31.7 Å². The molecule has 0 aliphatic carbocycles. The summed E-state index contributed by atoms with van der Waals surface area (Å²) >= 11 is 0. The molecular weight excluding hydrogens is 304 g/mol. The van der Waals surface area contributed by atoms with E-state index in [0.717, 1.165) is 24.4 Å². The molecule has 0 bridgehead atoms. The van der Waals surface area contributed by atoms with Crippen LogP contribution < -0.4 is 15.4 Å². The van der Waals surface area contributed by atoms with Gasteiger partial charge in [-0.2, -0.15) is 0 Å². The van der Waals surface area contributed by atoms with E-state index in [9.17, 15) is 4.79 Å². The second-order valence-corrected chi connectivity index (χ2v) is 5.25. The van der Waals surface area contributed by atoms with Crippen molar-refractivity contribution in [3.8, 4) is 5.75 Å². The fourth-order valence-corrected chi connectivity index (χ4v) is 2.41. The molecule has 6 heteroatoms. The lowest BCUT2D eigenvalue weighted by atomic mass is 10.1. The predicted octanol–water partition coefficient (Wildman–Crippen LogP) is 2.60. The standard InChI is InChI=1S/C16H24N2O3.ClH/c1-20-11-12-21-15-7-4-14(5-8-15)18-16(19)9-6-13-3-2-10-17-13;/h4-5,7-8,13,17H,2-3,6,9-12H2,1H3,(H,18,19);1H. The van der Waals surface area contributed by atoms with Crippen molar-refractivity contribution >= 4 is 24.0 Å². The maximum absolute atomic E-state index is 11.9. The van der Waals surface area contributed by atoms with Crippen molar-refractivity contribution in [2.75, 3.05) is 32.2 Å². The third kappa shape index (κ3) is 6.64. The summed E-state index contributed by atoms with van der Waals surface area (Å²) in [6, 6.07) is 7.92. The molecule has 1 aliphatic heterocycles. The molecule has 0 saturated carbocycles. The lowest BCUT2D eigenvalue weighted by Gasteiger charge is -2.10. The second kappa shape index (κ2) is 10.4. The zero-order chi connectivity index (χ0) is 14.9. The zero-order valence-corrected chi connectivity index (χ0v) is 13.8. The van der Waals surface area contributed by atoms with Gasteiger partial charge in [0, 0.05) is 25.3 Å². The minimum absolute atomic E-state index is 0. The minimum Gasteiger partial charge on any atom is -0.491 e. The average molecular weight is 329 g/mol. The van der Waals surface area contributed by atoms with E-state index in [0.29, 0.717) is 25.7 Å². The highest BCUT2D eigenvalue weighted by molar-refractivity contribution is 5.90. The summed E-state index contributed by atoms with van der Waals surface area (Å²) in [5, 5.41) is 6.31. The van der Waals surface area contributed by atoms with Gasteiger partial charge in [0.2, 0.25) is 5.91 Å². The average Bonchev–Trinajstić information content (AvgIpc) is 3.01. The first-order valence-corrected chi connectivity index (χ1v) is 7.53. The number of amides is 1. The van der Waals surface area contributed by atoms with Gasteiger partial charge < -0.3 is 20.1 Å². The zero-order valence-electron chi connectivity index (χ0n) is 13.0. The number of carbonyl (C=O) groups is 1. The number of anilines is 1. The molecule has 1 heterocycles. The van der Waals surface area contributed by atoms with Crippen LogP contribution in [-0.4, -0.2) is 38.8 Å². The molecule has 1 aliphatic rings. The number of halogens is 1. The fourth-order valence-electron chi connectivity index (χ4n) is 2.41. The number of ether oxygens (including phenoxy) is 2. The van der Waals surface area contributed by atoms with Gasteiger partial charge in [-0.15, -0.1) is 12.4 Å². The normalized spacial score (nSPS) is 16.9. The highest BCUT2D eigenvalue weighted by atomic mass is 35.5. The lowest BCUT2D eigenvalue weighted by Crippen LogP contribution is -2.23. The van der Waals surface area contributed by atoms with Gasteiger partial charge in [-0.05, 0) is 50.1 Å². The van der Waals surface area contributed by atoms with Gasteiger partial charge in [0.25, 0.3) is 0 Å². The molecule has 2 N–H and O–H groups in total. The molecular formula is C16H25ClN2O3. The molecule has 0 radical (unpaired) electrons. The quantitative estimate of drug-likeness (QED) is 0.720. The highest BCUT2D eigenvalue weighted by Gasteiger charge is 2.15. The van der Waals surface area contributed by atoms with E-state index in [1.807, 2.05) is 24.3 Å². The summed E-state index contributed by atoms with van der Waals surface area (Å²) in [7, 11) is 1.64. The van der Waals surface area contributed by atoms with Crippen LogP contribution in [0.25, 0.3) is 0 Å². The van der Waals surface area contributed by atoms with Crippen molar-refractivity contribution < 1.29 is 14.3 Å². The molecule has 1 amide bonds. The molecule has 22 heavy (non-hydrogen) atoms. The molecule has 1 fully saturated rings. The van der Waals surface area contributed by atoms with Gasteiger partial charge in [0.1, 0.15) is 12.4 Å². The molecule has 1 aromatic rings. The van der Waals surface area contributed by atoms with Gasteiger partial charge >= 0.3 is 0 Å². The van der Waals surface area contributed by atoms with Gasteiger partial charge in [0.05, 0.1) is 6.61 Å². The van der Waals surface area contributed by atoms with Crippen molar-refractivity contribution in [1.82, 2.24) is 5.32 Å². The Balaban J connectivity index is 0.00000242. The topological polar surface area (TPSA) is 59.6 Å². The lowest BCUT2D eigenvalue weighted by molar-refractivity contribution is -0.116. The predicted molar refractivity (Wildman–Crippen MR) is 89.9 cm³/mol. The number of nitrogens with one attached hydrogen (secondary N) is 2. The summed E-state index contributed by atoms with van der Waals surface area (Å²) in [6.45, 7) is 2.17. The molecule has 2 rings (SSSR count). The first-order valence-electron chi connectivity index (χ1n) is 7.53. The van der Waals surface area contributed by atoms with Crippen molar-refractivity contribution in [1.29, 1.82) is 0 Å². The second-order valence-electron chi connectivity index (χ2n) is 5.25. The van der Waals surface area contributed by atoms with E-state index in [-0.39, 0.29) is 18.3 Å². The number of methoxy groups -OCH3 is 1. The van der Waals surface area contributed by atoms with E-state index >= 15 is 0 Å². The van der Waals surface area contributed by atoms with E-state index in [4.69, 9.17) is 9.47 Å². The van der Waals surface area contributed by atoms with Crippen LogP contribution in [0.2, 0.25) is 0 Å². The number of hydrogen-bond acceptors (Lipinski definition) is 4. The smallest absolute Gasteiger partial charge is 0.224 e. The maximum Gasteiger partial charge on any atom is 0.224 e. The Morgan fingerprint density at radius 2 is 2.09 bits per heavy atom. The summed E-state index contributed by atoms with van der Waals surface area (Å²) < 4.78 is 10.4. The Morgan fingerprint density at radius 3 is 2.73 bits per heavy atom. The molecule has 1 unspecified atom stereocenters. The molecule has 0 aromatic heterocycles. The van der Waals surface area contributed by atoms with Crippen LogP contribution in [0, 0.1) is 0 Å². The van der Waals surface area contributed by atoms with Crippen molar-refractivity contribution in [2.24, 2.45) is 0 Å². The van der Waals surface area contributed by atoms with E-state index in [1.165, 1.54) is 12.8 Å². The molecule has 1 saturated heterocycles. The Labute approximate surface area is 138 Å². The third-order valence-corrected chi connectivity index (χ3v) is 3.58. The van der Waals surface area contributed by atoms with Crippen LogP contribution in [-0.2, 0) is 9.53 Å². The van der Waals surface area contributed by atoms with Gasteiger partial charge in [-0.25, -0.2) is 0 Å². The number of rotatable bonds is 8. The number of carbonyl (C=O) groups excluding carboxylic acids is 1. The molecule has 0 spiro atoms. The Bertz CT molecular complexity index is 434. The van der Waals surface area contributed by atoms with Crippen LogP contribution in [0.4, 0.5) is 5.69 Å². The van der Waals surface area contributed by atoms with Crippen molar-refractivity contribution in [3.63, 3.8) is 0 Å². The van der Waals surface area contributed by atoms with E-state index in [1.54, 1.807) is 7.11 Å². The van der Waals surface area contributed by atoms with E-state index in [2.05, 4.69) is 10.6 Å². The fraction of sp³-hybridized carbons (Fsp3) is 0.562. The third-order valence-electron chi connectivity index (χ3n) is 3.58. The first-order chi connectivity index (χ1) is 10.3. The summed E-state index contributed by atoms with van der Waals surface area (Å²) in [5.41, 5.74) is 0.804. The Morgan fingerprint density at radius 1 is 1.32 bits per heavy atom. The summed E-state index contributed by atoms with van der Waals surface area (Å²) in [4.78, 5) is 11.9. The van der Waals surface area contributed by atoms with Crippen LogP contribution in [0.15, 0.2) is 24.3 Å². The molecule has 1 aromatic carbocycles. The van der Waals surface area contributed by atoms with Crippen LogP contribution in [0.5, 0.6) is 5.75 Å². The van der Waals surface area contributed by atoms with Crippen LogP contribution in [0.3, 0.4) is 0 Å². The van der Waals surface area contributed by atoms with E-state index < -0.39 is 0 Å². The van der Waals surface area contributed by atoms with Gasteiger partial charge in [-0.3, -0.25) is 4.79 Å². The Kier molecular flexibility index (Phi) is 8.89. The SMILES string of the molecule is COCCOc1ccc(NC(=O)CCC2CCCN2)cc1.Cl. The van der Waals surface area contributed by atoms with Gasteiger partial charge in [-0.1, -0.05) is 0 Å². The number of benzene rings is 1. The van der Waals surface area contributed by atoms with Crippen LogP contribution in [0.1, 0.15) is 25.7 Å². The highest BCUT2D eigenvalue weighted by Crippen LogP contribution is 2.16. The monoisotopic (exact) mass is 328 g/mol. The molecule has 1 atom stereocenters. The van der Waals surface area contributed by atoms with Gasteiger partial charge in [0.15, 0.2) is 0 Å². The Hall–Kier alpha value is -1.30. The largest absolute Gasteiger partial charge is 0.491 e.